The minimum absolute atomic E-state index is 0. The van der Waals surface area contributed by atoms with Crippen LogP contribution in [0.2, 0.25) is 0 Å². The molecule has 4 aliphatic rings. The maximum absolute atomic E-state index is 4.69. The van der Waals surface area contributed by atoms with E-state index in [0.717, 1.165) is 51.0 Å². The molecule has 0 spiro atoms. The van der Waals surface area contributed by atoms with Crippen molar-refractivity contribution in [3.8, 4) is 0 Å². The summed E-state index contributed by atoms with van der Waals surface area (Å²) in [6, 6.07) is 7.64. The van der Waals surface area contributed by atoms with Crippen LogP contribution in [0.5, 0.6) is 0 Å². The zero-order valence-corrected chi connectivity index (χ0v) is 19.8. The molecule has 2 N–H and O–H groups in total. The van der Waals surface area contributed by atoms with Gasteiger partial charge in [-0.3, -0.25) is 4.98 Å². The van der Waals surface area contributed by atoms with E-state index in [4.69, 9.17) is 5.32 Å². The van der Waals surface area contributed by atoms with Gasteiger partial charge in [-0.25, -0.2) is 0 Å². The molecule has 5 rings (SSSR count). The smallest absolute Gasteiger partial charge is 0.658 e. The van der Waals surface area contributed by atoms with Crippen LogP contribution in [0.3, 0.4) is 0 Å². The van der Waals surface area contributed by atoms with Crippen molar-refractivity contribution in [1.29, 1.82) is 0 Å². The molecule has 0 radical (unpaired) electrons. The SMILES string of the molecule is C1=CCC(c2ccccn2)[N-]C1.C1CCC(C2CCCCN2)[N-]C1.C1CNC[N-]1.[Ru+6]. The van der Waals surface area contributed by atoms with Gasteiger partial charge in [0.25, 0.3) is 0 Å². The minimum Gasteiger partial charge on any atom is -0.658 e. The summed E-state index contributed by atoms with van der Waals surface area (Å²) in [4.78, 5) is 4.27. The fourth-order valence-corrected chi connectivity index (χ4v) is 4.09. The monoisotopic (exact) mass is 499 g/mol. The third kappa shape index (κ3) is 9.63. The zero-order chi connectivity index (χ0) is 20.0. The van der Waals surface area contributed by atoms with Gasteiger partial charge in [0.1, 0.15) is 0 Å². The van der Waals surface area contributed by atoms with E-state index in [0.29, 0.717) is 6.04 Å². The van der Waals surface area contributed by atoms with Crippen LogP contribution in [0.1, 0.15) is 56.7 Å². The Hall–Kier alpha value is -0.687. The molecule has 0 amide bonds. The Balaban J connectivity index is 0.000000170. The van der Waals surface area contributed by atoms with Gasteiger partial charge in [0.2, 0.25) is 0 Å². The molecule has 0 aromatic carbocycles. The number of nitrogens with zero attached hydrogens (tertiary/aromatic N) is 4. The van der Waals surface area contributed by atoms with Crippen molar-refractivity contribution in [1.82, 2.24) is 15.6 Å². The van der Waals surface area contributed by atoms with Gasteiger partial charge >= 0.3 is 19.5 Å². The molecule has 3 saturated heterocycles. The molecule has 5 heterocycles. The number of rotatable bonds is 2. The number of pyridine rings is 1. The van der Waals surface area contributed by atoms with Gasteiger partial charge in [0.05, 0.1) is 0 Å². The standard InChI is InChI=1S/C10H19N2.C10H11N2.C3H7N2.Ru/c2*1-3-7-11-9(5-1)10-6-2-4-8-12-10;1-2-5-3-4-1;/h9-11H,1-8H2;1-5,7,10H,6,8H2;4H,1-3H2;/q3*-1;+6. The molecule has 1 aromatic rings. The molecular formula is C23H37N6Ru+3. The topological polar surface area (TPSA) is 79.2 Å². The molecule has 3 fully saturated rings. The summed E-state index contributed by atoms with van der Waals surface area (Å²) >= 11 is 0. The van der Waals surface area contributed by atoms with Gasteiger partial charge in [-0.05, 0) is 50.5 Å². The second kappa shape index (κ2) is 16.0. The molecule has 0 bridgehead atoms. The first-order valence-corrected chi connectivity index (χ1v) is 11.4. The number of hydrogen-bond donors (Lipinski definition) is 2. The summed E-state index contributed by atoms with van der Waals surface area (Å²) in [5.74, 6) is 0. The Bertz CT molecular complexity index is 530. The molecule has 7 heteroatoms. The van der Waals surface area contributed by atoms with Crippen LogP contribution in [0.4, 0.5) is 0 Å². The molecular weight excluding hydrogens is 461 g/mol. The maximum Gasteiger partial charge on any atom is 6.00 e. The summed E-state index contributed by atoms with van der Waals surface area (Å²) < 4.78 is 0. The van der Waals surface area contributed by atoms with Crippen molar-refractivity contribution in [2.45, 2.75) is 63.1 Å². The van der Waals surface area contributed by atoms with Crippen molar-refractivity contribution < 1.29 is 19.5 Å². The first kappa shape index (κ1) is 25.6. The molecule has 0 saturated carbocycles. The normalized spacial score (nSPS) is 28.2. The molecule has 164 valence electrons. The molecule has 0 aliphatic carbocycles. The van der Waals surface area contributed by atoms with Gasteiger partial charge in [-0.2, -0.15) is 0 Å². The number of nitrogens with one attached hydrogen (secondary N) is 2. The average molecular weight is 499 g/mol. The van der Waals surface area contributed by atoms with Crippen LogP contribution in [-0.4, -0.2) is 56.5 Å². The van der Waals surface area contributed by atoms with Crippen LogP contribution in [0.25, 0.3) is 16.0 Å². The summed E-state index contributed by atoms with van der Waals surface area (Å²) in [6.07, 6.45) is 15.3. The molecule has 30 heavy (non-hydrogen) atoms. The van der Waals surface area contributed by atoms with E-state index in [1.165, 1.54) is 45.1 Å². The van der Waals surface area contributed by atoms with Gasteiger partial charge in [0, 0.05) is 11.9 Å². The minimum atomic E-state index is 0. The second-order valence-electron chi connectivity index (χ2n) is 7.97. The fraction of sp³-hybridized carbons (Fsp3) is 0.696. The van der Waals surface area contributed by atoms with Crippen LogP contribution in [0.15, 0.2) is 36.5 Å². The molecule has 4 aliphatic heterocycles. The fourth-order valence-electron chi connectivity index (χ4n) is 4.09. The maximum atomic E-state index is 4.69. The zero-order valence-electron chi connectivity index (χ0n) is 18.0. The number of piperidine rings is 2. The van der Waals surface area contributed by atoms with Gasteiger partial charge in [-0.15, -0.1) is 31.8 Å². The van der Waals surface area contributed by atoms with Crippen molar-refractivity contribution in [2.24, 2.45) is 0 Å². The third-order valence-corrected chi connectivity index (χ3v) is 5.74. The summed E-state index contributed by atoms with van der Waals surface area (Å²) in [5.41, 5.74) is 1.09. The molecule has 1 aromatic heterocycles. The summed E-state index contributed by atoms with van der Waals surface area (Å²) in [6.45, 7) is 6.14. The largest absolute Gasteiger partial charge is 6.00 e. The average Bonchev–Trinajstić information content (AvgIpc) is 3.42. The molecule has 3 atom stereocenters. The van der Waals surface area contributed by atoms with Gasteiger partial charge < -0.3 is 26.6 Å². The summed E-state index contributed by atoms with van der Waals surface area (Å²) in [5, 5.41) is 19.8. The Morgan fingerprint density at radius 1 is 0.933 bits per heavy atom. The van der Waals surface area contributed by atoms with Crippen molar-refractivity contribution in [3.05, 3.63) is 58.2 Å². The van der Waals surface area contributed by atoms with E-state index in [2.05, 4.69) is 38.4 Å². The van der Waals surface area contributed by atoms with Crippen molar-refractivity contribution in [2.75, 3.05) is 39.4 Å². The van der Waals surface area contributed by atoms with Crippen LogP contribution >= 0.6 is 0 Å². The van der Waals surface area contributed by atoms with Crippen LogP contribution < -0.4 is 10.6 Å². The predicted octanol–water partition coefficient (Wildman–Crippen LogP) is 4.43. The van der Waals surface area contributed by atoms with Gasteiger partial charge in [0.15, 0.2) is 0 Å². The predicted molar refractivity (Wildman–Crippen MR) is 122 cm³/mol. The molecule has 3 unspecified atom stereocenters. The van der Waals surface area contributed by atoms with E-state index in [-0.39, 0.29) is 25.5 Å². The second-order valence-corrected chi connectivity index (χ2v) is 7.97. The first-order valence-electron chi connectivity index (χ1n) is 11.4. The van der Waals surface area contributed by atoms with Gasteiger partial charge in [-0.1, -0.05) is 50.5 Å². The Kier molecular flexibility index (Phi) is 13.7. The van der Waals surface area contributed by atoms with Crippen molar-refractivity contribution >= 4 is 0 Å². The summed E-state index contributed by atoms with van der Waals surface area (Å²) in [7, 11) is 0. The van der Waals surface area contributed by atoms with Crippen LogP contribution in [-0.2, 0) is 19.5 Å². The Labute approximate surface area is 195 Å². The van der Waals surface area contributed by atoms with E-state index in [1.54, 1.807) is 0 Å². The Morgan fingerprint density at radius 2 is 1.87 bits per heavy atom. The number of aromatic nitrogens is 1. The van der Waals surface area contributed by atoms with Crippen molar-refractivity contribution in [3.63, 3.8) is 0 Å². The van der Waals surface area contributed by atoms with E-state index in [9.17, 15) is 0 Å². The van der Waals surface area contributed by atoms with E-state index in [1.807, 2.05) is 24.4 Å². The Morgan fingerprint density at radius 3 is 2.43 bits per heavy atom. The van der Waals surface area contributed by atoms with E-state index >= 15 is 0 Å². The molecule has 6 nitrogen and oxygen atoms in total. The third-order valence-electron chi connectivity index (χ3n) is 5.74. The number of hydrogen-bond acceptors (Lipinski definition) is 3. The van der Waals surface area contributed by atoms with E-state index < -0.39 is 0 Å². The van der Waals surface area contributed by atoms with Crippen LogP contribution in [0, 0.1) is 0 Å². The first-order chi connectivity index (χ1) is 14.4. The quantitative estimate of drug-likeness (QED) is 0.468.